The summed E-state index contributed by atoms with van der Waals surface area (Å²) in [6.45, 7) is 3.25. The van der Waals surface area contributed by atoms with Gasteiger partial charge in [-0.15, -0.1) is 0 Å². The fourth-order valence-electron chi connectivity index (χ4n) is 0.478. The highest BCUT2D eigenvalue weighted by Crippen LogP contribution is 1.86. The van der Waals surface area contributed by atoms with Gasteiger partial charge in [-0.25, -0.2) is 0 Å². The van der Waals surface area contributed by atoms with Crippen molar-refractivity contribution in [2.75, 3.05) is 27.7 Å². The first kappa shape index (κ1) is 7.92. The lowest BCUT2D eigenvalue weighted by Gasteiger charge is -2.18. The molecule has 1 N–H and O–H groups in total. The number of hydrogen-bond donors (Lipinski definition) is 1. The normalized spacial score (nSPS) is 14.6. The summed E-state index contributed by atoms with van der Waals surface area (Å²) in [5.74, 6) is 0. The molecule has 2 heteroatoms. The maximum absolute atomic E-state index is 3.11. The zero-order chi connectivity index (χ0) is 6.57. The smallest absolute Gasteiger partial charge is 0.0186 e. The highest BCUT2D eigenvalue weighted by Gasteiger charge is 1.99. The van der Waals surface area contributed by atoms with Gasteiger partial charge in [-0.2, -0.15) is 0 Å². The molecule has 0 bridgehead atoms. The average Bonchev–Trinajstić information content (AvgIpc) is 1.67. The van der Waals surface area contributed by atoms with Gasteiger partial charge in [0.2, 0.25) is 0 Å². The SMILES string of the molecule is CNCC(C)N(C)C. The lowest BCUT2D eigenvalue weighted by atomic mass is 10.3. The summed E-state index contributed by atoms with van der Waals surface area (Å²) < 4.78 is 0. The van der Waals surface area contributed by atoms with Crippen molar-refractivity contribution >= 4 is 0 Å². The molecular weight excluding hydrogens is 100 g/mol. The van der Waals surface area contributed by atoms with Gasteiger partial charge in [-0.05, 0) is 28.1 Å². The lowest BCUT2D eigenvalue weighted by Crippen LogP contribution is -2.33. The molecule has 0 aliphatic carbocycles. The topological polar surface area (TPSA) is 15.3 Å². The van der Waals surface area contributed by atoms with E-state index in [-0.39, 0.29) is 0 Å². The van der Waals surface area contributed by atoms with E-state index in [1.54, 1.807) is 0 Å². The van der Waals surface area contributed by atoms with Gasteiger partial charge < -0.3 is 10.2 Å². The molecule has 0 saturated heterocycles. The monoisotopic (exact) mass is 116 g/mol. The van der Waals surface area contributed by atoms with Gasteiger partial charge >= 0.3 is 0 Å². The standard InChI is InChI=1S/C6H16N2/c1-6(5-7-2)8(3)4/h6-7H,5H2,1-4H3. The summed E-state index contributed by atoms with van der Waals surface area (Å²) in [6.07, 6.45) is 0. The Kier molecular flexibility index (Phi) is 3.83. The highest BCUT2D eigenvalue weighted by molar-refractivity contribution is 4.59. The predicted molar refractivity (Wildman–Crippen MR) is 37.1 cm³/mol. The maximum atomic E-state index is 3.11. The minimum atomic E-state index is 0.639. The Morgan fingerprint density at radius 1 is 1.50 bits per heavy atom. The molecule has 1 atom stereocenters. The lowest BCUT2D eigenvalue weighted by molar-refractivity contribution is 0.308. The van der Waals surface area contributed by atoms with Crippen molar-refractivity contribution in [3.05, 3.63) is 0 Å². The van der Waals surface area contributed by atoms with E-state index in [0.717, 1.165) is 6.54 Å². The van der Waals surface area contributed by atoms with Crippen LogP contribution >= 0.6 is 0 Å². The van der Waals surface area contributed by atoms with E-state index in [1.807, 2.05) is 7.05 Å². The van der Waals surface area contributed by atoms with E-state index in [0.29, 0.717) is 6.04 Å². The van der Waals surface area contributed by atoms with Crippen molar-refractivity contribution in [2.24, 2.45) is 0 Å². The molecule has 0 aromatic rings. The average molecular weight is 116 g/mol. The molecule has 50 valence electrons. The van der Waals surface area contributed by atoms with Gasteiger partial charge in [0.25, 0.3) is 0 Å². The second-order valence-corrected chi connectivity index (χ2v) is 2.37. The number of nitrogens with one attached hydrogen (secondary N) is 1. The van der Waals surface area contributed by atoms with Crippen molar-refractivity contribution in [3.63, 3.8) is 0 Å². The Morgan fingerprint density at radius 3 is 2.12 bits per heavy atom. The van der Waals surface area contributed by atoms with Crippen molar-refractivity contribution in [3.8, 4) is 0 Å². The van der Waals surface area contributed by atoms with Gasteiger partial charge in [0.15, 0.2) is 0 Å². The van der Waals surface area contributed by atoms with E-state index in [1.165, 1.54) is 0 Å². The number of nitrogens with zero attached hydrogens (tertiary/aromatic N) is 1. The van der Waals surface area contributed by atoms with Crippen molar-refractivity contribution in [2.45, 2.75) is 13.0 Å². The fraction of sp³-hybridized carbons (Fsp3) is 1.00. The van der Waals surface area contributed by atoms with E-state index in [2.05, 4.69) is 31.2 Å². The third kappa shape index (κ3) is 2.99. The molecular formula is C6H16N2. The van der Waals surface area contributed by atoms with Crippen LogP contribution in [0, 0.1) is 0 Å². The number of rotatable bonds is 3. The van der Waals surface area contributed by atoms with Gasteiger partial charge in [0, 0.05) is 12.6 Å². The third-order valence-corrected chi connectivity index (χ3v) is 1.38. The summed E-state index contributed by atoms with van der Waals surface area (Å²) >= 11 is 0. The summed E-state index contributed by atoms with van der Waals surface area (Å²) in [5.41, 5.74) is 0. The molecule has 0 spiro atoms. The zero-order valence-corrected chi connectivity index (χ0v) is 6.23. The molecule has 2 nitrogen and oxygen atoms in total. The molecule has 0 heterocycles. The Bertz CT molecular complexity index is 52.5. The number of likely N-dealkylation sites (N-methyl/N-ethyl adjacent to an activating group) is 2. The van der Waals surface area contributed by atoms with Crippen LogP contribution in [0.2, 0.25) is 0 Å². The summed E-state index contributed by atoms with van der Waals surface area (Å²) in [6, 6.07) is 0.639. The molecule has 0 radical (unpaired) electrons. The van der Waals surface area contributed by atoms with Crippen LogP contribution < -0.4 is 5.32 Å². The van der Waals surface area contributed by atoms with Crippen LogP contribution in [0.1, 0.15) is 6.92 Å². The van der Waals surface area contributed by atoms with Gasteiger partial charge in [-0.3, -0.25) is 0 Å². The minimum absolute atomic E-state index is 0.639. The second-order valence-electron chi connectivity index (χ2n) is 2.37. The van der Waals surface area contributed by atoms with Crippen molar-refractivity contribution < 1.29 is 0 Å². The van der Waals surface area contributed by atoms with Crippen LogP contribution in [-0.2, 0) is 0 Å². The third-order valence-electron chi connectivity index (χ3n) is 1.38. The Hall–Kier alpha value is -0.0800. The molecule has 0 aromatic carbocycles. The van der Waals surface area contributed by atoms with E-state index < -0.39 is 0 Å². The molecule has 8 heavy (non-hydrogen) atoms. The molecule has 0 fully saturated rings. The molecule has 1 unspecified atom stereocenters. The van der Waals surface area contributed by atoms with Crippen LogP contribution in [0.5, 0.6) is 0 Å². The summed E-state index contributed by atoms with van der Waals surface area (Å²) in [5, 5.41) is 3.11. The molecule has 0 aliphatic heterocycles. The van der Waals surface area contributed by atoms with Crippen LogP contribution in [0.3, 0.4) is 0 Å². The molecule has 0 aliphatic rings. The van der Waals surface area contributed by atoms with Crippen molar-refractivity contribution in [1.29, 1.82) is 0 Å². The number of hydrogen-bond acceptors (Lipinski definition) is 2. The second kappa shape index (κ2) is 3.87. The first-order chi connectivity index (χ1) is 3.68. The van der Waals surface area contributed by atoms with Gasteiger partial charge in [0.1, 0.15) is 0 Å². The quantitative estimate of drug-likeness (QED) is 0.565. The van der Waals surface area contributed by atoms with Gasteiger partial charge in [-0.1, -0.05) is 0 Å². The largest absolute Gasteiger partial charge is 0.318 e. The Balaban J connectivity index is 3.17. The zero-order valence-electron chi connectivity index (χ0n) is 6.23. The minimum Gasteiger partial charge on any atom is -0.318 e. The van der Waals surface area contributed by atoms with Gasteiger partial charge in [0.05, 0.1) is 0 Å². The van der Waals surface area contributed by atoms with Crippen molar-refractivity contribution in [1.82, 2.24) is 10.2 Å². The molecule has 0 amide bonds. The Labute approximate surface area is 51.9 Å². The van der Waals surface area contributed by atoms with Crippen LogP contribution in [-0.4, -0.2) is 38.6 Å². The van der Waals surface area contributed by atoms with Crippen LogP contribution in [0.15, 0.2) is 0 Å². The predicted octanol–water partition coefficient (Wildman–Crippen LogP) is 0.156. The van der Waals surface area contributed by atoms with E-state index in [4.69, 9.17) is 0 Å². The first-order valence-corrected chi connectivity index (χ1v) is 2.99. The van der Waals surface area contributed by atoms with E-state index in [9.17, 15) is 0 Å². The maximum Gasteiger partial charge on any atom is 0.0186 e. The first-order valence-electron chi connectivity index (χ1n) is 2.99. The van der Waals surface area contributed by atoms with Crippen LogP contribution in [0.4, 0.5) is 0 Å². The Morgan fingerprint density at radius 2 is 2.00 bits per heavy atom. The van der Waals surface area contributed by atoms with E-state index >= 15 is 0 Å². The van der Waals surface area contributed by atoms with Crippen LogP contribution in [0.25, 0.3) is 0 Å². The molecule has 0 saturated carbocycles. The molecule has 0 aromatic heterocycles. The fourth-order valence-corrected chi connectivity index (χ4v) is 0.478. The molecule has 0 rings (SSSR count). The summed E-state index contributed by atoms with van der Waals surface area (Å²) in [7, 11) is 6.14. The summed E-state index contributed by atoms with van der Waals surface area (Å²) in [4.78, 5) is 2.19. The highest BCUT2D eigenvalue weighted by atomic mass is 15.1.